The van der Waals surface area contributed by atoms with Crippen LogP contribution in [0.4, 0.5) is 0 Å². The molecule has 0 aromatic carbocycles. The van der Waals surface area contributed by atoms with Crippen molar-refractivity contribution >= 4 is 19.8 Å². The molecule has 0 aliphatic heterocycles. The molecular formula is C45H78NO10P. The fourth-order valence-corrected chi connectivity index (χ4v) is 7.72. The largest absolute Gasteiger partial charge is 0.472 e. The van der Waals surface area contributed by atoms with Gasteiger partial charge in [-0.1, -0.05) is 104 Å². The monoisotopic (exact) mass is 824 g/mol. The van der Waals surface area contributed by atoms with Crippen molar-refractivity contribution in [2.45, 2.75) is 201 Å². The van der Waals surface area contributed by atoms with Crippen molar-refractivity contribution in [1.82, 2.24) is 0 Å². The molecule has 2 rings (SSSR count). The van der Waals surface area contributed by atoms with E-state index in [1.54, 1.807) is 0 Å². The summed E-state index contributed by atoms with van der Waals surface area (Å²) in [6.45, 7) is 7.83. The van der Waals surface area contributed by atoms with Crippen LogP contribution in [-0.2, 0) is 58.4 Å². The van der Waals surface area contributed by atoms with E-state index in [0.717, 1.165) is 113 Å². The highest BCUT2D eigenvalue weighted by Crippen LogP contribution is 2.43. The highest BCUT2D eigenvalue weighted by molar-refractivity contribution is 7.47. The van der Waals surface area contributed by atoms with Crippen LogP contribution >= 0.6 is 7.82 Å². The molecule has 3 N–H and O–H groups in total. The van der Waals surface area contributed by atoms with Gasteiger partial charge in [0, 0.05) is 45.1 Å². The van der Waals surface area contributed by atoms with Gasteiger partial charge >= 0.3 is 19.8 Å². The lowest BCUT2D eigenvalue weighted by atomic mass is 10.1. The van der Waals surface area contributed by atoms with E-state index in [1.807, 2.05) is 0 Å². The number of unbranched alkanes of at least 4 members (excludes halogenated alkanes) is 16. The van der Waals surface area contributed by atoms with Crippen LogP contribution in [0.25, 0.3) is 0 Å². The number of carbonyl (C=O) groups excluding carboxylic acids is 2. The second-order valence-electron chi connectivity index (χ2n) is 15.7. The first-order valence-corrected chi connectivity index (χ1v) is 23.9. The molecule has 0 bridgehead atoms. The summed E-state index contributed by atoms with van der Waals surface area (Å²) in [7, 11) is -4.40. The van der Waals surface area contributed by atoms with E-state index in [4.69, 9.17) is 33.1 Å². The molecule has 0 saturated heterocycles. The molecular weight excluding hydrogens is 745 g/mol. The SMILES string of the molecule is CCCCCc1cc(C)c(CCCCCCCCCCC(=O)OC[C@H](COP(=O)(O)OCCN)OC(=O)CCCCCCCCCCc2oc(CCC)cc2C)o1. The van der Waals surface area contributed by atoms with Crippen LogP contribution in [0.3, 0.4) is 0 Å². The minimum absolute atomic E-state index is 0.0432. The first kappa shape index (κ1) is 50.7. The Morgan fingerprint density at radius 3 is 1.61 bits per heavy atom. The molecule has 2 aromatic heterocycles. The Bertz CT molecular complexity index is 1390. The van der Waals surface area contributed by atoms with Crippen molar-refractivity contribution in [3.8, 4) is 0 Å². The van der Waals surface area contributed by atoms with Crippen molar-refractivity contribution in [1.29, 1.82) is 0 Å². The van der Waals surface area contributed by atoms with Crippen LogP contribution in [0.1, 0.15) is 189 Å². The lowest BCUT2D eigenvalue weighted by Crippen LogP contribution is -2.29. The van der Waals surface area contributed by atoms with E-state index in [1.165, 1.54) is 62.5 Å². The zero-order chi connectivity index (χ0) is 41.6. The summed E-state index contributed by atoms with van der Waals surface area (Å²) in [6, 6.07) is 4.38. The van der Waals surface area contributed by atoms with Gasteiger partial charge in [-0.25, -0.2) is 4.57 Å². The van der Waals surface area contributed by atoms with Gasteiger partial charge in [-0.15, -0.1) is 0 Å². The Kier molecular flexibility index (Phi) is 28.0. The van der Waals surface area contributed by atoms with Gasteiger partial charge in [0.2, 0.25) is 0 Å². The summed E-state index contributed by atoms with van der Waals surface area (Å²) in [5, 5.41) is 0. The van der Waals surface area contributed by atoms with Crippen LogP contribution < -0.4 is 5.73 Å². The number of nitrogens with two attached hydrogens (primary N) is 1. The first-order chi connectivity index (χ1) is 27.6. The minimum Gasteiger partial charge on any atom is -0.466 e. The molecule has 328 valence electrons. The number of aryl methyl sites for hydroxylation is 6. The predicted octanol–water partition coefficient (Wildman–Crippen LogP) is 11.5. The number of furan rings is 2. The van der Waals surface area contributed by atoms with Crippen molar-refractivity contribution in [3.63, 3.8) is 0 Å². The molecule has 57 heavy (non-hydrogen) atoms. The smallest absolute Gasteiger partial charge is 0.466 e. The van der Waals surface area contributed by atoms with Gasteiger partial charge in [0.25, 0.3) is 0 Å². The molecule has 0 aliphatic carbocycles. The summed E-state index contributed by atoms with van der Waals surface area (Å²) >= 11 is 0. The predicted molar refractivity (Wildman–Crippen MR) is 226 cm³/mol. The van der Waals surface area contributed by atoms with Gasteiger partial charge in [-0.2, -0.15) is 0 Å². The molecule has 1 unspecified atom stereocenters. The van der Waals surface area contributed by atoms with Gasteiger partial charge in [0.05, 0.1) is 13.2 Å². The Morgan fingerprint density at radius 1 is 0.632 bits per heavy atom. The number of hydrogen-bond donors (Lipinski definition) is 2. The normalized spacial score (nSPS) is 13.2. The average molecular weight is 824 g/mol. The standard InChI is InChI=1S/C45H78NO10P/c1-5-7-20-26-40-34-38(4)43(55-40)28-22-17-12-8-10-14-18-23-29-44(47)51-35-41(36-53-57(49,50)52-32-31-46)56-45(48)30-24-19-15-11-9-13-16-21-27-42-37(3)33-39(54-42)25-6-2/h33-34,41H,5-32,35-36,46H2,1-4H3,(H,49,50)/t41-/m1/s1. The van der Waals surface area contributed by atoms with Gasteiger partial charge in [0.1, 0.15) is 29.6 Å². The minimum atomic E-state index is -4.40. The van der Waals surface area contributed by atoms with Gasteiger partial charge in [-0.05, 0) is 75.6 Å². The Hall–Kier alpha value is -2.43. The zero-order valence-corrected chi connectivity index (χ0v) is 37.0. The number of ether oxygens (including phenoxy) is 2. The van der Waals surface area contributed by atoms with E-state index in [-0.39, 0.29) is 32.6 Å². The number of rotatable bonds is 37. The molecule has 2 heterocycles. The van der Waals surface area contributed by atoms with Crippen molar-refractivity contribution < 1.29 is 46.4 Å². The number of hydrogen-bond acceptors (Lipinski definition) is 10. The highest BCUT2D eigenvalue weighted by atomic mass is 31.2. The Morgan fingerprint density at radius 2 is 1.11 bits per heavy atom. The lowest BCUT2D eigenvalue weighted by Gasteiger charge is -2.19. The van der Waals surface area contributed by atoms with Crippen LogP contribution in [0.5, 0.6) is 0 Å². The number of phosphoric acid groups is 1. The summed E-state index contributed by atoms with van der Waals surface area (Å²) in [5.41, 5.74) is 7.90. The molecule has 0 radical (unpaired) electrons. The molecule has 12 heteroatoms. The van der Waals surface area contributed by atoms with Gasteiger partial charge in [0.15, 0.2) is 6.10 Å². The molecule has 0 amide bonds. The first-order valence-electron chi connectivity index (χ1n) is 22.4. The van der Waals surface area contributed by atoms with E-state index in [0.29, 0.717) is 12.8 Å². The fraction of sp³-hybridized carbons (Fsp3) is 0.778. The third-order valence-corrected chi connectivity index (χ3v) is 11.2. The third kappa shape index (κ3) is 24.9. The highest BCUT2D eigenvalue weighted by Gasteiger charge is 2.26. The topological polar surface area (TPSA) is 161 Å². The summed E-state index contributed by atoms with van der Waals surface area (Å²) in [6.07, 6.45) is 25.1. The van der Waals surface area contributed by atoms with Gasteiger partial charge < -0.3 is 28.9 Å². The fourth-order valence-electron chi connectivity index (χ4n) is 6.95. The van der Waals surface area contributed by atoms with E-state index in [2.05, 4.69) is 39.8 Å². The molecule has 11 nitrogen and oxygen atoms in total. The summed E-state index contributed by atoms with van der Waals surface area (Å²) < 4.78 is 45.0. The van der Waals surface area contributed by atoms with Crippen molar-refractivity contribution in [2.75, 3.05) is 26.4 Å². The quantitative estimate of drug-likeness (QED) is 0.0379. The molecule has 2 atom stereocenters. The Labute approximate surface area is 344 Å². The van der Waals surface area contributed by atoms with Crippen LogP contribution in [0, 0.1) is 13.8 Å². The average Bonchev–Trinajstić information content (AvgIpc) is 3.72. The van der Waals surface area contributed by atoms with Crippen LogP contribution in [0.2, 0.25) is 0 Å². The molecule has 0 spiro atoms. The summed E-state index contributed by atoms with van der Waals surface area (Å²) in [4.78, 5) is 35.1. The van der Waals surface area contributed by atoms with E-state index < -0.39 is 32.5 Å². The second kappa shape index (κ2) is 31.5. The maximum atomic E-state index is 12.6. The number of esters is 2. The molecule has 0 aliphatic rings. The lowest BCUT2D eigenvalue weighted by molar-refractivity contribution is -0.161. The summed E-state index contributed by atoms with van der Waals surface area (Å²) in [5.74, 6) is 3.63. The molecule has 2 aromatic rings. The maximum Gasteiger partial charge on any atom is 0.472 e. The number of phosphoric ester groups is 1. The second-order valence-corrected chi connectivity index (χ2v) is 17.1. The van der Waals surface area contributed by atoms with E-state index in [9.17, 15) is 19.0 Å². The zero-order valence-electron chi connectivity index (χ0n) is 36.1. The Balaban J connectivity index is 1.56. The molecule has 0 saturated carbocycles. The third-order valence-electron chi connectivity index (χ3n) is 10.3. The maximum absolute atomic E-state index is 12.6. The van der Waals surface area contributed by atoms with Crippen LogP contribution in [-0.4, -0.2) is 49.3 Å². The van der Waals surface area contributed by atoms with E-state index >= 15 is 0 Å². The van der Waals surface area contributed by atoms with Gasteiger partial charge in [-0.3, -0.25) is 18.6 Å². The van der Waals surface area contributed by atoms with Crippen LogP contribution in [0.15, 0.2) is 21.0 Å². The number of carbonyl (C=O) groups is 2. The van der Waals surface area contributed by atoms with Crippen molar-refractivity contribution in [2.24, 2.45) is 5.73 Å². The molecule has 0 fully saturated rings. The van der Waals surface area contributed by atoms with Crippen molar-refractivity contribution in [3.05, 3.63) is 46.3 Å².